The lowest BCUT2D eigenvalue weighted by Gasteiger charge is -2.21. The van der Waals surface area contributed by atoms with Crippen LogP contribution in [0.15, 0.2) is 48.7 Å². The van der Waals surface area contributed by atoms with Gasteiger partial charge in [-0.1, -0.05) is 38.1 Å². The van der Waals surface area contributed by atoms with Crippen molar-refractivity contribution in [3.63, 3.8) is 0 Å². The number of benzene rings is 1. The molecule has 1 amide bonds. The zero-order valence-electron chi connectivity index (χ0n) is 13.2. The molecule has 4 nitrogen and oxygen atoms in total. The first-order chi connectivity index (χ1) is 10.6. The SMILES string of the molecule is COc1ccccc1[C@H](NC(=O)CC(C)C)c1ccccn1. The van der Waals surface area contributed by atoms with Crippen molar-refractivity contribution in [1.82, 2.24) is 10.3 Å². The Kier molecular flexibility index (Phi) is 5.53. The van der Waals surface area contributed by atoms with Crippen molar-refractivity contribution in [2.24, 2.45) is 5.92 Å². The van der Waals surface area contributed by atoms with Gasteiger partial charge in [0, 0.05) is 18.2 Å². The van der Waals surface area contributed by atoms with Crippen molar-refractivity contribution in [2.75, 3.05) is 7.11 Å². The smallest absolute Gasteiger partial charge is 0.221 e. The molecule has 0 bridgehead atoms. The molecular formula is C18H22N2O2. The predicted octanol–water partition coefficient (Wildman–Crippen LogP) is 3.34. The highest BCUT2D eigenvalue weighted by molar-refractivity contribution is 5.77. The molecular weight excluding hydrogens is 276 g/mol. The quantitative estimate of drug-likeness (QED) is 0.890. The van der Waals surface area contributed by atoms with Crippen LogP contribution in [0.1, 0.15) is 37.6 Å². The molecule has 0 aliphatic rings. The summed E-state index contributed by atoms with van der Waals surface area (Å²) in [6.07, 6.45) is 2.21. The summed E-state index contributed by atoms with van der Waals surface area (Å²) in [6.45, 7) is 4.05. The van der Waals surface area contributed by atoms with Crippen LogP contribution < -0.4 is 10.1 Å². The van der Waals surface area contributed by atoms with Crippen LogP contribution in [-0.4, -0.2) is 18.0 Å². The molecule has 0 saturated carbocycles. The van der Waals surface area contributed by atoms with E-state index in [9.17, 15) is 4.79 Å². The maximum absolute atomic E-state index is 12.2. The fourth-order valence-electron chi connectivity index (χ4n) is 2.35. The van der Waals surface area contributed by atoms with E-state index < -0.39 is 0 Å². The largest absolute Gasteiger partial charge is 0.496 e. The fraction of sp³-hybridized carbons (Fsp3) is 0.333. The number of amides is 1. The molecule has 0 aliphatic carbocycles. The first-order valence-corrected chi connectivity index (χ1v) is 7.45. The van der Waals surface area contributed by atoms with Crippen LogP contribution in [0.3, 0.4) is 0 Å². The maximum atomic E-state index is 12.2. The van der Waals surface area contributed by atoms with Gasteiger partial charge >= 0.3 is 0 Å². The second kappa shape index (κ2) is 7.59. The van der Waals surface area contributed by atoms with Gasteiger partial charge < -0.3 is 10.1 Å². The van der Waals surface area contributed by atoms with Gasteiger partial charge in [0.05, 0.1) is 18.8 Å². The number of para-hydroxylation sites is 1. The summed E-state index contributed by atoms with van der Waals surface area (Å²) < 4.78 is 5.43. The van der Waals surface area contributed by atoms with E-state index in [1.165, 1.54) is 0 Å². The van der Waals surface area contributed by atoms with Crippen molar-refractivity contribution in [1.29, 1.82) is 0 Å². The number of methoxy groups -OCH3 is 1. The van der Waals surface area contributed by atoms with E-state index in [4.69, 9.17) is 4.74 Å². The van der Waals surface area contributed by atoms with Crippen molar-refractivity contribution in [2.45, 2.75) is 26.3 Å². The summed E-state index contributed by atoms with van der Waals surface area (Å²) in [7, 11) is 1.63. The van der Waals surface area contributed by atoms with Crippen LogP contribution in [0.4, 0.5) is 0 Å². The average Bonchev–Trinajstić information content (AvgIpc) is 2.53. The summed E-state index contributed by atoms with van der Waals surface area (Å²) in [5.41, 5.74) is 1.70. The molecule has 1 atom stereocenters. The van der Waals surface area contributed by atoms with Gasteiger partial charge in [-0.25, -0.2) is 0 Å². The normalized spacial score (nSPS) is 12.0. The Hall–Kier alpha value is -2.36. The third kappa shape index (κ3) is 4.07. The highest BCUT2D eigenvalue weighted by atomic mass is 16.5. The van der Waals surface area contributed by atoms with E-state index in [0.717, 1.165) is 17.0 Å². The standard InChI is InChI=1S/C18H22N2O2/c1-13(2)12-17(21)20-18(15-9-6-7-11-19-15)14-8-4-5-10-16(14)22-3/h4-11,13,18H,12H2,1-3H3,(H,20,21)/t18-/m0/s1. The van der Waals surface area contributed by atoms with Gasteiger partial charge in [0.1, 0.15) is 5.75 Å². The summed E-state index contributed by atoms with van der Waals surface area (Å²) in [5, 5.41) is 3.07. The van der Waals surface area contributed by atoms with Crippen LogP contribution in [-0.2, 0) is 4.79 Å². The van der Waals surface area contributed by atoms with E-state index in [1.54, 1.807) is 13.3 Å². The first kappa shape index (κ1) is 16.0. The molecule has 22 heavy (non-hydrogen) atoms. The van der Waals surface area contributed by atoms with Gasteiger partial charge in [-0.05, 0) is 24.1 Å². The summed E-state index contributed by atoms with van der Waals surface area (Å²) >= 11 is 0. The minimum absolute atomic E-state index is 0.0107. The van der Waals surface area contributed by atoms with E-state index in [-0.39, 0.29) is 11.9 Å². The number of nitrogens with one attached hydrogen (secondary N) is 1. The van der Waals surface area contributed by atoms with Gasteiger partial charge in [0.2, 0.25) is 5.91 Å². The predicted molar refractivity (Wildman–Crippen MR) is 86.7 cm³/mol. The molecule has 0 unspecified atom stereocenters. The monoisotopic (exact) mass is 298 g/mol. The molecule has 0 aliphatic heterocycles. The molecule has 1 heterocycles. The van der Waals surface area contributed by atoms with E-state index in [0.29, 0.717) is 12.3 Å². The number of rotatable bonds is 6. The van der Waals surface area contributed by atoms with Crippen LogP contribution in [0, 0.1) is 5.92 Å². The number of aromatic nitrogens is 1. The highest BCUT2D eigenvalue weighted by Gasteiger charge is 2.21. The number of hydrogen-bond donors (Lipinski definition) is 1. The number of hydrogen-bond acceptors (Lipinski definition) is 3. The Morgan fingerprint density at radius 3 is 2.55 bits per heavy atom. The average molecular weight is 298 g/mol. The van der Waals surface area contributed by atoms with Crippen molar-refractivity contribution in [3.05, 3.63) is 59.9 Å². The topological polar surface area (TPSA) is 51.2 Å². The number of ether oxygens (including phenoxy) is 1. The number of nitrogens with zero attached hydrogens (tertiary/aromatic N) is 1. The molecule has 1 aromatic carbocycles. The second-order valence-corrected chi connectivity index (χ2v) is 5.60. The Morgan fingerprint density at radius 1 is 1.18 bits per heavy atom. The molecule has 4 heteroatoms. The van der Waals surface area contributed by atoms with Gasteiger partial charge in [0.25, 0.3) is 0 Å². The van der Waals surface area contributed by atoms with E-state index >= 15 is 0 Å². The molecule has 2 rings (SSSR count). The zero-order chi connectivity index (χ0) is 15.9. The van der Waals surface area contributed by atoms with Crippen molar-refractivity contribution >= 4 is 5.91 Å². The molecule has 0 radical (unpaired) electrons. The molecule has 1 aromatic heterocycles. The minimum Gasteiger partial charge on any atom is -0.496 e. The third-order valence-electron chi connectivity index (χ3n) is 3.33. The molecule has 116 valence electrons. The highest BCUT2D eigenvalue weighted by Crippen LogP contribution is 2.29. The molecule has 0 saturated heterocycles. The Morgan fingerprint density at radius 2 is 1.91 bits per heavy atom. The summed E-state index contributed by atoms with van der Waals surface area (Å²) in [5.74, 6) is 1.06. The van der Waals surface area contributed by atoms with Crippen LogP contribution in [0.25, 0.3) is 0 Å². The van der Waals surface area contributed by atoms with Crippen LogP contribution >= 0.6 is 0 Å². The summed E-state index contributed by atoms with van der Waals surface area (Å²) in [6, 6.07) is 13.1. The Bertz CT molecular complexity index is 611. The number of pyridine rings is 1. The fourth-order valence-corrected chi connectivity index (χ4v) is 2.35. The molecule has 1 N–H and O–H groups in total. The lowest BCUT2D eigenvalue weighted by atomic mass is 10.0. The van der Waals surface area contributed by atoms with Crippen molar-refractivity contribution in [3.8, 4) is 5.75 Å². The number of carbonyl (C=O) groups excluding carboxylic acids is 1. The second-order valence-electron chi connectivity index (χ2n) is 5.60. The van der Waals surface area contributed by atoms with Gasteiger partial charge in [-0.3, -0.25) is 9.78 Å². The van der Waals surface area contributed by atoms with Crippen LogP contribution in [0.5, 0.6) is 5.75 Å². The Balaban J connectivity index is 2.36. The third-order valence-corrected chi connectivity index (χ3v) is 3.33. The Labute approximate surface area is 131 Å². The zero-order valence-corrected chi connectivity index (χ0v) is 13.2. The lowest BCUT2D eigenvalue weighted by Crippen LogP contribution is -2.30. The number of carbonyl (C=O) groups is 1. The van der Waals surface area contributed by atoms with E-state index in [2.05, 4.69) is 10.3 Å². The van der Waals surface area contributed by atoms with Crippen LogP contribution in [0.2, 0.25) is 0 Å². The molecule has 0 spiro atoms. The van der Waals surface area contributed by atoms with Crippen molar-refractivity contribution < 1.29 is 9.53 Å². The minimum atomic E-state index is -0.316. The van der Waals surface area contributed by atoms with Gasteiger partial charge in [0.15, 0.2) is 0 Å². The molecule has 0 fully saturated rings. The van der Waals surface area contributed by atoms with Gasteiger partial charge in [-0.2, -0.15) is 0 Å². The van der Waals surface area contributed by atoms with Gasteiger partial charge in [-0.15, -0.1) is 0 Å². The first-order valence-electron chi connectivity index (χ1n) is 7.45. The lowest BCUT2D eigenvalue weighted by molar-refractivity contribution is -0.122. The van der Waals surface area contributed by atoms with E-state index in [1.807, 2.05) is 56.3 Å². The molecule has 2 aromatic rings. The maximum Gasteiger partial charge on any atom is 0.221 e. The summed E-state index contributed by atoms with van der Waals surface area (Å²) in [4.78, 5) is 16.6.